The Labute approximate surface area is 91.8 Å². The Morgan fingerprint density at radius 2 is 2.13 bits per heavy atom. The van der Waals surface area contributed by atoms with E-state index < -0.39 is 0 Å². The standard InChI is InChI=1S/C12H21NO2/c1-8-9-7-15-10(8)6-13(9)11(14)5-12(2,3)4/h8-10H,5-7H2,1-4H3/t8-,9?,10?/m1/s1. The lowest BCUT2D eigenvalue weighted by Gasteiger charge is -2.30. The van der Waals surface area contributed by atoms with Gasteiger partial charge in [-0.05, 0) is 5.41 Å². The van der Waals surface area contributed by atoms with Gasteiger partial charge >= 0.3 is 0 Å². The molecule has 2 heterocycles. The summed E-state index contributed by atoms with van der Waals surface area (Å²) in [5, 5.41) is 0. The maximum Gasteiger partial charge on any atom is 0.223 e. The first kappa shape index (κ1) is 10.9. The number of ether oxygens (including phenoxy) is 1. The largest absolute Gasteiger partial charge is 0.374 e. The van der Waals surface area contributed by atoms with Gasteiger partial charge in [0, 0.05) is 18.9 Å². The molecule has 0 radical (unpaired) electrons. The fourth-order valence-electron chi connectivity index (χ4n) is 2.54. The summed E-state index contributed by atoms with van der Waals surface area (Å²) in [6.45, 7) is 10.1. The molecule has 0 aliphatic carbocycles. The highest BCUT2D eigenvalue weighted by Crippen LogP contribution is 2.35. The van der Waals surface area contributed by atoms with Gasteiger partial charge in [-0.15, -0.1) is 0 Å². The van der Waals surface area contributed by atoms with Gasteiger partial charge in [0.2, 0.25) is 5.91 Å². The van der Waals surface area contributed by atoms with Crippen LogP contribution in [0.25, 0.3) is 0 Å². The summed E-state index contributed by atoms with van der Waals surface area (Å²) >= 11 is 0. The summed E-state index contributed by atoms with van der Waals surface area (Å²) in [7, 11) is 0. The predicted octanol–water partition coefficient (Wildman–Crippen LogP) is 1.67. The molecule has 0 saturated carbocycles. The maximum atomic E-state index is 12.1. The second kappa shape index (κ2) is 3.48. The third kappa shape index (κ3) is 2.03. The smallest absolute Gasteiger partial charge is 0.223 e. The first-order chi connectivity index (χ1) is 6.88. The first-order valence-corrected chi connectivity index (χ1v) is 5.79. The topological polar surface area (TPSA) is 29.5 Å². The molecule has 1 amide bonds. The number of hydrogen-bond donors (Lipinski definition) is 0. The number of nitrogens with zero attached hydrogens (tertiary/aromatic N) is 1. The Balaban J connectivity index is 1.99. The molecule has 0 aromatic heterocycles. The second-order valence-electron chi connectivity index (χ2n) is 6.08. The number of carbonyl (C=O) groups is 1. The van der Waals surface area contributed by atoms with E-state index in [-0.39, 0.29) is 5.41 Å². The van der Waals surface area contributed by atoms with Crippen LogP contribution in [-0.2, 0) is 9.53 Å². The third-order valence-electron chi connectivity index (χ3n) is 3.45. The van der Waals surface area contributed by atoms with E-state index in [1.54, 1.807) is 0 Å². The van der Waals surface area contributed by atoms with Gasteiger partial charge in [-0.3, -0.25) is 4.79 Å². The molecular formula is C12H21NO2. The number of fused-ring (bicyclic) bond motifs is 2. The normalized spacial score (nSPS) is 34.9. The van der Waals surface area contributed by atoms with E-state index >= 15 is 0 Å². The van der Waals surface area contributed by atoms with Gasteiger partial charge in [-0.2, -0.15) is 0 Å². The van der Waals surface area contributed by atoms with E-state index in [0.717, 1.165) is 13.2 Å². The summed E-state index contributed by atoms with van der Waals surface area (Å²) in [6, 6.07) is 0.338. The van der Waals surface area contributed by atoms with Crippen LogP contribution in [0.15, 0.2) is 0 Å². The first-order valence-electron chi connectivity index (χ1n) is 5.79. The molecule has 3 atom stereocenters. The van der Waals surface area contributed by atoms with Crippen molar-refractivity contribution < 1.29 is 9.53 Å². The van der Waals surface area contributed by atoms with Crippen molar-refractivity contribution in [2.75, 3.05) is 13.2 Å². The van der Waals surface area contributed by atoms with Crippen molar-refractivity contribution in [1.82, 2.24) is 4.90 Å². The monoisotopic (exact) mass is 211 g/mol. The number of rotatable bonds is 1. The molecular weight excluding hydrogens is 190 g/mol. The van der Waals surface area contributed by atoms with Crippen LogP contribution in [0.5, 0.6) is 0 Å². The van der Waals surface area contributed by atoms with Gasteiger partial charge in [-0.25, -0.2) is 0 Å². The average Bonchev–Trinajstić information content (AvgIpc) is 2.59. The molecule has 0 spiro atoms. The van der Waals surface area contributed by atoms with Crippen molar-refractivity contribution in [2.45, 2.75) is 46.3 Å². The Morgan fingerprint density at radius 1 is 1.47 bits per heavy atom. The third-order valence-corrected chi connectivity index (χ3v) is 3.45. The van der Waals surface area contributed by atoms with Crippen molar-refractivity contribution in [3.8, 4) is 0 Å². The minimum Gasteiger partial charge on any atom is -0.374 e. The van der Waals surface area contributed by atoms with Gasteiger partial charge in [-0.1, -0.05) is 27.7 Å². The lowest BCUT2D eigenvalue weighted by molar-refractivity contribution is -0.137. The number of likely N-dealkylation sites (tertiary alicyclic amines) is 1. The molecule has 2 fully saturated rings. The van der Waals surface area contributed by atoms with Crippen LogP contribution in [0.2, 0.25) is 0 Å². The van der Waals surface area contributed by atoms with Gasteiger partial charge in [0.25, 0.3) is 0 Å². The summed E-state index contributed by atoms with van der Waals surface area (Å²) in [4.78, 5) is 14.1. The highest BCUT2D eigenvalue weighted by Gasteiger charge is 2.47. The van der Waals surface area contributed by atoms with Gasteiger partial charge in [0.15, 0.2) is 0 Å². The molecule has 2 bridgehead atoms. The molecule has 3 heteroatoms. The van der Waals surface area contributed by atoms with Gasteiger partial charge < -0.3 is 9.64 Å². The SMILES string of the molecule is C[C@H]1C2CN(C(=O)CC(C)(C)C)C1CO2. The quantitative estimate of drug-likeness (QED) is 0.660. The van der Waals surface area contributed by atoms with Crippen LogP contribution in [0.4, 0.5) is 0 Å². The molecule has 2 rings (SSSR count). The lowest BCUT2D eigenvalue weighted by Crippen LogP contribution is -2.43. The van der Waals surface area contributed by atoms with Crippen molar-refractivity contribution in [3.05, 3.63) is 0 Å². The van der Waals surface area contributed by atoms with E-state index in [9.17, 15) is 4.79 Å². The molecule has 0 aromatic rings. The number of morpholine rings is 1. The van der Waals surface area contributed by atoms with Crippen molar-refractivity contribution in [1.29, 1.82) is 0 Å². The molecule has 2 unspecified atom stereocenters. The molecule has 0 aromatic carbocycles. The van der Waals surface area contributed by atoms with E-state index in [2.05, 4.69) is 27.7 Å². The molecule has 2 aliphatic heterocycles. The van der Waals surface area contributed by atoms with E-state index in [1.165, 1.54) is 0 Å². The van der Waals surface area contributed by atoms with Crippen LogP contribution >= 0.6 is 0 Å². The molecule has 15 heavy (non-hydrogen) atoms. The Morgan fingerprint density at radius 3 is 2.53 bits per heavy atom. The minimum absolute atomic E-state index is 0.0863. The van der Waals surface area contributed by atoms with Crippen molar-refractivity contribution >= 4 is 5.91 Å². The highest BCUT2D eigenvalue weighted by atomic mass is 16.5. The fraction of sp³-hybridized carbons (Fsp3) is 0.917. The van der Waals surface area contributed by atoms with Crippen molar-refractivity contribution in [3.63, 3.8) is 0 Å². The average molecular weight is 211 g/mol. The molecule has 3 nitrogen and oxygen atoms in total. The highest BCUT2D eigenvalue weighted by molar-refractivity contribution is 5.77. The maximum absolute atomic E-state index is 12.1. The van der Waals surface area contributed by atoms with Gasteiger partial charge in [0.1, 0.15) is 0 Å². The van der Waals surface area contributed by atoms with E-state index in [1.807, 2.05) is 4.90 Å². The Hall–Kier alpha value is -0.570. The van der Waals surface area contributed by atoms with Crippen LogP contribution in [-0.4, -0.2) is 36.1 Å². The van der Waals surface area contributed by atoms with Crippen LogP contribution < -0.4 is 0 Å². The fourth-order valence-corrected chi connectivity index (χ4v) is 2.54. The lowest BCUT2D eigenvalue weighted by atomic mass is 9.91. The minimum atomic E-state index is 0.0863. The molecule has 2 saturated heterocycles. The molecule has 86 valence electrons. The summed E-state index contributed by atoms with van der Waals surface area (Å²) in [5.74, 6) is 0.819. The summed E-state index contributed by atoms with van der Waals surface area (Å²) in [6.07, 6.45) is 0.932. The zero-order valence-electron chi connectivity index (χ0n) is 10.1. The van der Waals surface area contributed by atoms with E-state index in [0.29, 0.717) is 30.4 Å². The van der Waals surface area contributed by atoms with Crippen LogP contribution in [0.1, 0.15) is 34.1 Å². The van der Waals surface area contributed by atoms with Crippen molar-refractivity contribution in [2.24, 2.45) is 11.3 Å². The summed E-state index contributed by atoms with van der Waals surface area (Å²) < 4.78 is 5.58. The Kier molecular flexibility index (Phi) is 2.53. The summed E-state index contributed by atoms with van der Waals surface area (Å²) in [5.41, 5.74) is 0.0863. The second-order valence-corrected chi connectivity index (χ2v) is 6.08. The predicted molar refractivity (Wildman–Crippen MR) is 58.5 cm³/mol. The zero-order chi connectivity index (χ0) is 11.2. The van der Waals surface area contributed by atoms with E-state index in [4.69, 9.17) is 4.74 Å². The number of carbonyl (C=O) groups excluding carboxylic acids is 1. The molecule has 2 aliphatic rings. The van der Waals surface area contributed by atoms with Crippen LogP contribution in [0.3, 0.4) is 0 Å². The van der Waals surface area contributed by atoms with Gasteiger partial charge in [0.05, 0.1) is 18.8 Å². The molecule has 0 N–H and O–H groups in total. The Bertz CT molecular complexity index is 269. The zero-order valence-corrected chi connectivity index (χ0v) is 10.1. The number of hydrogen-bond acceptors (Lipinski definition) is 2. The van der Waals surface area contributed by atoms with Crippen LogP contribution in [0, 0.1) is 11.3 Å². The number of amides is 1.